The number of rotatable bonds is 4. The zero-order valence-electron chi connectivity index (χ0n) is 14.0. The first-order valence-corrected chi connectivity index (χ1v) is 8.25. The summed E-state index contributed by atoms with van der Waals surface area (Å²) >= 11 is 5.95. The number of aromatic nitrogens is 1. The number of pyridine rings is 1. The van der Waals surface area contributed by atoms with E-state index in [1.807, 2.05) is 44.2 Å². The van der Waals surface area contributed by atoms with Gasteiger partial charge in [-0.2, -0.15) is 0 Å². The minimum atomic E-state index is -0.217. The Morgan fingerprint density at radius 2 is 1.84 bits per heavy atom. The molecule has 2 aromatic carbocycles. The lowest BCUT2D eigenvalue weighted by Gasteiger charge is -2.10. The van der Waals surface area contributed by atoms with E-state index in [1.165, 1.54) is 0 Å². The molecule has 25 heavy (non-hydrogen) atoms. The Hall–Kier alpha value is -2.85. The highest BCUT2D eigenvalue weighted by molar-refractivity contribution is 6.30. The van der Waals surface area contributed by atoms with Crippen molar-refractivity contribution in [2.45, 2.75) is 13.8 Å². The quantitative estimate of drug-likeness (QED) is 0.666. The molecular formula is C20H18ClN3O. The second-order valence-corrected chi connectivity index (χ2v) is 6.31. The molecule has 0 spiro atoms. The first-order chi connectivity index (χ1) is 12.0. The summed E-state index contributed by atoms with van der Waals surface area (Å²) in [6, 6.07) is 15.1. The van der Waals surface area contributed by atoms with Crippen LogP contribution in [0.15, 0.2) is 60.9 Å². The van der Waals surface area contributed by atoms with Gasteiger partial charge in [-0.25, -0.2) is 0 Å². The van der Waals surface area contributed by atoms with Gasteiger partial charge in [-0.15, -0.1) is 0 Å². The van der Waals surface area contributed by atoms with Crippen molar-refractivity contribution in [2.75, 3.05) is 10.6 Å². The Kier molecular flexibility index (Phi) is 5.00. The smallest absolute Gasteiger partial charge is 0.257 e. The van der Waals surface area contributed by atoms with Gasteiger partial charge in [0.15, 0.2) is 0 Å². The van der Waals surface area contributed by atoms with Gasteiger partial charge in [0.05, 0.1) is 17.4 Å². The van der Waals surface area contributed by atoms with Gasteiger partial charge in [0, 0.05) is 22.6 Å². The predicted octanol–water partition coefficient (Wildman–Crippen LogP) is 5.35. The van der Waals surface area contributed by atoms with Crippen molar-refractivity contribution in [2.24, 2.45) is 0 Å². The minimum absolute atomic E-state index is 0.217. The summed E-state index contributed by atoms with van der Waals surface area (Å²) in [6.45, 7) is 3.93. The van der Waals surface area contributed by atoms with E-state index in [0.29, 0.717) is 10.6 Å². The maximum Gasteiger partial charge on any atom is 0.257 e. The monoisotopic (exact) mass is 351 g/mol. The molecule has 1 aromatic heterocycles. The van der Waals surface area contributed by atoms with Crippen molar-refractivity contribution in [1.29, 1.82) is 0 Å². The maximum absolute atomic E-state index is 12.5. The number of halogens is 1. The molecule has 0 atom stereocenters. The van der Waals surface area contributed by atoms with Gasteiger partial charge in [-0.05, 0) is 61.4 Å². The molecule has 0 aliphatic heterocycles. The second-order valence-electron chi connectivity index (χ2n) is 5.87. The van der Waals surface area contributed by atoms with Gasteiger partial charge < -0.3 is 10.6 Å². The summed E-state index contributed by atoms with van der Waals surface area (Å²) < 4.78 is 0. The van der Waals surface area contributed by atoms with Crippen molar-refractivity contribution in [3.05, 3.63) is 82.6 Å². The molecule has 0 saturated heterocycles. The molecule has 1 heterocycles. The van der Waals surface area contributed by atoms with E-state index in [1.54, 1.807) is 30.6 Å². The molecular weight excluding hydrogens is 334 g/mol. The highest BCUT2D eigenvalue weighted by atomic mass is 35.5. The van der Waals surface area contributed by atoms with Crippen LogP contribution in [-0.2, 0) is 0 Å². The lowest BCUT2D eigenvalue weighted by Crippen LogP contribution is -2.13. The van der Waals surface area contributed by atoms with Crippen LogP contribution in [0.5, 0.6) is 0 Å². The molecule has 2 N–H and O–H groups in total. The van der Waals surface area contributed by atoms with E-state index in [2.05, 4.69) is 15.6 Å². The Morgan fingerprint density at radius 1 is 1.00 bits per heavy atom. The molecule has 0 aliphatic carbocycles. The average Bonchev–Trinajstić information content (AvgIpc) is 2.57. The Bertz CT molecular complexity index is 924. The molecule has 5 heteroatoms. The zero-order chi connectivity index (χ0) is 17.8. The fourth-order valence-corrected chi connectivity index (χ4v) is 2.71. The van der Waals surface area contributed by atoms with Gasteiger partial charge in [0.25, 0.3) is 5.91 Å². The number of aryl methyl sites for hydroxylation is 2. The first kappa shape index (κ1) is 17.0. The summed E-state index contributed by atoms with van der Waals surface area (Å²) in [7, 11) is 0. The fourth-order valence-electron chi connectivity index (χ4n) is 2.48. The van der Waals surface area contributed by atoms with Gasteiger partial charge in [0.2, 0.25) is 0 Å². The zero-order valence-corrected chi connectivity index (χ0v) is 14.8. The van der Waals surface area contributed by atoms with Crippen molar-refractivity contribution < 1.29 is 4.79 Å². The summed E-state index contributed by atoms with van der Waals surface area (Å²) in [5.74, 6) is -0.217. The van der Waals surface area contributed by atoms with E-state index >= 15 is 0 Å². The number of hydrogen-bond donors (Lipinski definition) is 2. The normalized spacial score (nSPS) is 10.4. The summed E-state index contributed by atoms with van der Waals surface area (Å²) in [5, 5.41) is 6.79. The van der Waals surface area contributed by atoms with Crippen LogP contribution >= 0.6 is 11.6 Å². The van der Waals surface area contributed by atoms with E-state index in [9.17, 15) is 4.79 Å². The standard InChI is InChI=1S/C20H18ClN3O/c1-13-4-3-5-17(8-13)23-18-10-15(11-22-12-18)20(25)24-19-7-6-16(21)9-14(19)2/h3-12,23H,1-2H3,(H,24,25). The molecule has 1 amide bonds. The minimum Gasteiger partial charge on any atom is -0.354 e. The summed E-state index contributed by atoms with van der Waals surface area (Å²) in [4.78, 5) is 16.7. The van der Waals surface area contributed by atoms with E-state index in [4.69, 9.17) is 11.6 Å². The Balaban J connectivity index is 1.77. The molecule has 0 saturated carbocycles. The fraction of sp³-hybridized carbons (Fsp3) is 0.100. The molecule has 0 unspecified atom stereocenters. The van der Waals surface area contributed by atoms with Crippen LogP contribution in [0.25, 0.3) is 0 Å². The third-order valence-electron chi connectivity index (χ3n) is 3.74. The highest BCUT2D eigenvalue weighted by Crippen LogP contribution is 2.21. The molecule has 0 bridgehead atoms. The van der Waals surface area contributed by atoms with Crippen LogP contribution in [0, 0.1) is 13.8 Å². The molecule has 3 rings (SSSR count). The van der Waals surface area contributed by atoms with Gasteiger partial charge in [-0.1, -0.05) is 23.7 Å². The predicted molar refractivity (Wildman–Crippen MR) is 103 cm³/mol. The van der Waals surface area contributed by atoms with Crippen molar-refractivity contribution in [3.8, 4) is 0 Å². The topological polar surface area (TPSA) is 54.0 Å². The molecule has 0 fully saturated rings. The Labute approximate surface area is 151 Å². The van der Waals surface area contributed by atoms with Crippen LogP contribution < -0.4 is 10.6 Å². The van der Waals surface area contributed by atoms with Crippen molar-refractivity contribution in [1.82, 2.24) is 4.98 Å². The number of nitrogens with zero attached hydrogens (tertiary/aromatic N) is 1. The number of carbonyl (C=O) groups is 1. The third kappa shape index (κ3) is 4.37. The number of benzene rings is 2. The lowest BCUT2D eigenvalue weighted by molar-refractivity contribution is 0.102. The van der Waals surface area contributed by atoms with Gasteiger partial charge in [0.1, 0.15) is 0 Å². The van der Waals surface area contributed by atoms with E-state index in [0.717, 1.165) is 28.2 Å². The van der Waals surface area contributed by atoms with Crippen LogP contribution in [0.1, 0.15) is 21.5 Å². The summed E-state index contributed by atoms with van der Waals surface area (Å²) in [5.41, 5.74) is 4.98. The number of nitrogens with one attached hydrogen (secondary N) is 2. The van der Waals surface area contributed by atoms with E-state index in [-0.39, 0.29) is 5.91 Å². The summed E-state index contributed by atoms with van der Waals surface area (Å²) in [6.07, 6.45) is 3.23. The lowest BCUT2D eigenvalue weighted by atomic mass is 10.2. The molecule has 0 aliphatic rings. The van der Waals surface area contributed by atoms with Crippen LogP contribution in [0.2, 0.25) is 5.02 Å². The van der Waals surface area contributed by atoms with E-state index < -0.39 is 0 Å². The van der Waals surface area contributed by atoms with Gasteiger partial charge in [-0.3, -0.25) is 9.78 Å². The van der Waals surface area contributed by atoms with Crippen molar-refractivity contribution >= 4 is 34.6 Å². The molecule has 0 radical (unpaired) electrons. The number of carbonyl (C=O) groups excluding carboxylic acids is 1. The molecule has 4 nitrogen and oxygen atoms in total. The first-order valence-electron chi connectivity index (χ1n) is 7.87. The van der Waals surface area contributed by atoms with Crippen LogP contribution in [0.3, 0.4) is 0 Å². The molecule has 3 aromatic rings. The van der Waals surface area contributed by atoms with Crippen LogP contribution in [0.4, 0.5) is 17.1 Å². The Morgan fingerprint density at radius 3 is 2.60 bits per heavy atom. The number of amides is 1. The van der Waals surface area contributed by atoms with Crippen molar-refractivity contribution in [3.63, 3.8) is 0 Å². The van der Waals surface area contributed by atoms with Crippen LogP contribution in [-0.4, -0.2) is 10.9 Å². The number of anilines is 3. The SMILES string of the molecule is Cc1cccc(Nc2cncc(C(=O)Nc3ccc(Cl)cc3C)c2)c1. The molecule has 126 valence electrons. The van der Waals surface area contributed by atoms with Gasteiger partial charge >= 0.3 is 0 Å². The largest absolute Gasteiger partial charge is 0.354 e. The average molecular weight is 352 g/mol. The maximum atomic E-state index is 12.5. The second kappa shape index (κ2) is 7.36. The third-order valence-corrected chi connectivity index (χ3v) is 3.98. The number of hydrogen-bond acceptors (Lipinski definition) is 3. The highest BCUT2D eigenvalue weighted by Gasteiger charge is 2.09.